The van der Waals surface area contributed by atoms with Crippen molar-refractivity contribution in [1.82, 2.24) is 9.78 Å². The van der Waals surface area contributed by atoms with E-state index in [0.29, 0.717) is 29.1 Å². The Morgan fingerprint density at radius 1 is 1.00 bits per heavy atom. The number of aryl methyl sites for hydroxylation is 3. The van der Waals surface area contributed by atoms with Gasteiger partial charge in [0.25, 0.3) is 5.56 Å². The van der Waals surface area contributed by atoms with Gasteiger partial charge in [0.05, 0.1) is 23.6 Å². The van der Waals surface area contributed by atoms with Gasteiger partial charge in [0.15, 0.2) is 11.4 Å². The summed E-state index contributed by atoms with van der Waals surface area (Å²) in [6.45, 7) is 6.17. The van der Waals surface area contributed by atoms with Gasteiger partial charge in [-0.2, -0.15) is 0 Å². The summed E-state index contributed by atoms with van der Waals surface area (Å²) in [5.41, 5.74) is 9.16. The summed E-state index contributed by atoms with van der Waals surface area (Å²) in [6.07, 6.45) is 0. The number of phenols is 1. The average Bonchev–Trinajstić information content (AvgIpc) is 3.18. The first-order chi connectivity index (χ1) is 17.7. The lowest BCUT2D eigenvalue weighted by atomic mass is 10.0. The molecule has 0 saturated carbocycles. The van der Waals surface area contributed by atoms with Gasteiger partial charge in [0.2, 0.25) is 0 Å². The molecule has 0 atom stereocenters. The average molecular weight is 504 g/mol. The zero-order chi connectivity index (χ0) is 27.1. The molecular formula is C27H29N5O5. The molecule has 0 aliphatic carbocycles. The second-order valence-corrected chi connectivity index (χ2v) is 8.27. The third-order valence-electron chi connectivity index (χ3n) is 5.61. The fourth-order valence-corrected chi connectivity index (χ4v) is 3.47. The molecule has 0 bridgehead atoms. The van der Waals surface area contributed by atoms with E-state index in [1.54, 1.807) is 37.3 Å². The van der Waals surface area contributed by atoms with Gasteiger partial charge in [-0.05, 0) is 67.8 Å². The number of carboxylic acid groups (broad SMARTS) is 1. The van der Waals surface area contributed by atoms with E-state index in [4.69, 9.17) is 10.8 Å². The first-order valence-corrected chi connectivity index (χ1v) is 11.5. The number of hydrogen-bond acceptors (Lipinski definition) is 7. The van der Waals surface area contributed by atoms with E-state index in [1.807, 2.05) is 32.0 Å². The molecule has 10 nitrogen and oxygen atoms in total. The highest BCUT2D eigenvalue weighted by Crippen LogP contribution is 2.38. The topological polar surface area (TPSA) is 166 Å². The van der Waals surface area contributed by atoms with Gasteiger partial charge >= 0.3 is 5.97 Å². The number of aromatic carboxylic acids is 1. The van der Waals surface area contributed by atoms with E-state index >= 15 is 0 Å². The van der Waals surface area contributed by atoms with Crippen molar-refractivity contribution in [3.8, 4) is 22.6 Å². The third-order valence-corrected chi connectivity index (χ3v) is 5.61. The van der Waals surface area contributed by atoms with Crippen molar-refractivity contribution < 1.29 is 20.1 Å². The van der Waals surface area contributed by atoms with Crippen LogP contribution in [-0.4, -0.2) is 44.2 Å². The lowest BCUT2D eigenvalue weighted by Crippen LogP contribution is -2.14. The van der Waals surface area contributed by atoms with Crippen molar-refractivity contribution in [2.24, 2.45) is 16.0 Å². The lowest BCUT2D eigenvalue weighted by Gasteiger charge is -2.07. The number of nitrogens with two attached hydrogens (primary N) is 1. The molecule has 0 aliphatic rings. The molecule has 0 amide bonds. The molecule has 37 heavy (non-hydrogen) atoms. The van der Waals surface area contributed by atoms with Gasteiger partial charge in [-0.25, -0.2) is 9.48 Å². The number of H-pyrrole nitrogens is 1. The largest absolute Gasteiger partial charge is 0.505 e. The SMILES string of the molecule is Cc1ccc(-n2[nH]c(C)c(N=Nc3cccc(-c4cccc(C(=O)O)c4)c3O)c2=O)cc1C.NCCO. The van der Waals surface area contributed by atoms with E-state index in [1.165, 1.54) is 16.8 Å². The quantitative estimate of drug-likeness (QED) is 0.243. The van der Waals surface area contributed by atoms with Gasteiger partial charge in [0, 0.05) is 12.1 Å². The second-order valence-electron chi connectivity index (χ2n) is 8.27. The van der Waals surface area contributed by atoms with Crippen LogP contribution in [0.1, 0.15) is 27.2 Å². The van der Waals surface area contributed by atoms with Gasteiger partial charge in [-0.3, -0.25) is 9.89 Å². The number of para-hydroxylation sites is 1. The molecule has 0 aliphatic heterocycles. The monoisotopic (exact) mass is 503 g/mol. The van der Waals surface area contributed by atoms with Crippen LogP contribution in [0.2, 0.25) is 0 Å². The molecular weight excluding hydrogens is 474 g/mol. The fraction of sp³-hybridized carbons (Fsp3) is 0.185. The Hall–Kier alpha value is -4.54. The molecule has 4 aromatic rings. The summed E-state index contributed by atoms with van der Waals surface area (Å²) in [4.78, 5) is 24.2. The van der Waals surface area contributed by atoms with Crippen molar-refractivity contribution in [2.45, 2.75) is 20.8 Å². The van der Waals surface area contributed by atoms with Gasteiger partial charge in [0.1, 0.15) is 5.69 Å². The van der Waals surface area contributed by atoms with Crippen molar-refractivity contribution in [2.75, 3.05) is 13.2 Å². The van der Waals surface area contributed by atoms with Gasteiger partial charge < -0.3 is 21.1 Å². The number of rotatable bonds is 6. The molecule has 1 heterocycles. The zero-order valence-electron chi connectivity index (χ0n) is 20.8. The maximum Gasteiger partial charge on any atom is 0.335 e. The minimum Gasteiger partial charge on any atom is -0.505 e. The van der Waals surface area contributed by atoms with Gasteiger partial charge in [-0.1, -0.05) is 30.3 Å². The first kappa shape index (κ1) is 27.1. The molecule has 192 valence electrons. The summed E-state index contributed by atoms with van der Waals surface area (Å²) >= 11 is 0. The summed E-state index contributed by atoms with van der Waals surface area (Å²) in [5.74, 6) is -1.22. The molecule has 3 aromatic carbocycles. The zero-order valence-corrected chi connectivity index (χ0v) is 20.8. The van der Waals surface area contributed by atoms with Crippen LogP contribution in [0.3, 0.4) is 0 Å². The van der Waals surface area contributed by atoms with E-state index in [-0.39, 0.29) is 34.9 Å². The first-order valence-electron chi connectivity index (χ1n) is 11.5. The number of aliphatic hydroxyl groups is 1. The number of aromatic amines is 1. The maximum absolute atomic E-state index is 12.9. The normalized spacial score (nSPS) is 10.8. The number of phenolic OH excluding ortho intramolecular Hbond substituents is 1. The predicted molar refractivity (Wildman–Crippen MR) is 141 cm³/mol. The highest BCUT2D eigenvalue weighted by molar-refractivity contribution is 5.90. The number of benzene rings is 3. The molecule has 0 radical (unpaired) electrons. The van der Waals surface area contributed by atoms with Crippen molar-refractivity contribution in [3.05, 3.63) is 93.4 Å². The Kier molecular flexibility index (Phi) is 8.72. The summed E-state index contributed by atoms with van der Waals surface area (Å²) < 4.78 is 1.41. The van der Waals surface area contributed by atoms with E-state index < -0.39 is 5.97 Å². The molecule has 10 heteroatoms. The predicted octanol–water partition coefficient (Wildman–Crippen LogP) is 4.51. The minimum atomic E-state index is -1.06. The highest BCUT2D eigenvalue weighted by atomic mass is 16.4. The molecule has 0 saturated heterocycles. The van der Waals surface area contributed by atoms with E-state index in [0.717, 1.165) is 11.1 Å². The van der Waals surface area contributed by atoms with Crippen molar-refractivity contribution in [3.63, 3.8) is 0 Å². The minimum absolute atomic E-state index is 0.0972. The van der Waals surface area contributed by atoms with Crippen LogP contribution in [0.5, 0.6) is 5.75 Å². The van der Waals surface area contributed by atoms with Crippen LogP contribution in [0.15, 0.2) is 75.7 Å². The fourth-order valence-electron chi connectivity index (χ4n) is 3.47. The number of nitrogens with one attached hydrogen (secondary N) is 1. The van der Waals surface area contributed by atoms with Crippen molar-refractivity contribution >= 4 is 17.3 Å². The summed E-state index contributed by atoms with van der Waals surface area (Å²) in [5, 5.41) is 38.9. The number of carbonyl (C=O) groups is 1. The standard InChI is InChI=1S/C25H22N4O4.C2H7NO/c1-14-10-11-19(12-15(14)2)29-24(31)22(16(3)28-29)27-26-21-9-5-8-20(23(21)30)17-6-4-7-18(13-17)25(32)33;3-1-2-4/h4-13,28,30H,1-3H3,(H,32,33);4H,1-3H2. The Bertz CT molecular complexity index is 1500. The number of aliphatic hydroxyl groups excluding tert-OH is 1. The van der Waals surface area contributed by atoms with E-state index in [2.05, 4.69) is 15.3 Å². The van der Waals surface area contributed by atoms with E-state index in [9.17, 15) is 19.8 Å². The summed E-state index contributed by atoms with van der Waals surface area (Å²) in [7, 11) is 0. The summed E-state index contributed by atoms with van der Waals surface area (Å²) in [6, 6.07) is 16.8. The molecule has 4 rings (SSSR count). The molecule has 0 spiro atoms. The smallest absolute Gasteiger partial charge is 0.335 e. The number of aromatic nitrogens is 2. The molecule has 6 N–H and O–H groups in total. The molecule has 0 unspecified atom stereocenters. The second kappa shape index (κ2) is 11.9. The van der Waals surface area contributed by atoms with Crippen LogP contribution in [0, 0.1) is 20.8 Å². The van der Waals surface area contributed by atoms with Gasteiger partial charge in [-0.15, -0.1) is 10.2 Å². The Morgan fingerprint density at radius 2 is 1.70 bits per heavy atom. The van der Waals surface area contributed by atoms with Crippen LogP contribution in [-0.2, 0) is 0 Å². The Balaban J connectivity index is 0.000000886. The maximum atomic E-state index is 12.9. The molecule has 0 fully saturated rings. The number of aromatic hydroxyl groups is 1. The third kappa shape index (κ3) is 6.18. The van der Waals surface area contributed by atoms with Crippen LogP contribution in [0.4, 0.5) is 11.4 Å². The Morgan fingerprint density at radius 3 is 2.35 bits per heavy atom. The highest BCUT2D eigenvalue weighted by Gasteiger charge is 2.14. The van der Waals surface area contributed by atoms with Crippen LogP contribution < -0.4 is 11.3 Å². The number of nitrogens with zero attached hydrogens (tertiary/aromatic N) is 3. The van der Waals surface area contributed by atoms with Crippen molar-refractivity contribution in [1.29, 1.82) is 0 Å². The lowest BCUT2D eigenvalue weighted by molar-refractivity contribution is 0.0697. The Labute approximate surface area is 213 Å². The number of carboxylic acids is 1. The van der Waals surface area contributed by atoms with Crippen LogP contribution in [0.25, 0.3) is 16.8 Å². The van der Waals surface area contributed by atoms with Crippen LogP contribution >= 0.6 is 0 Å². The number of hydrogen-bond donors (Lipinski definition) is 5. The number of azo groups is 1. The molecule has 1 aromatic heterocycles.